The first kappa shape index (κ1) is 12.7. The van der Waals surface area contributed by atoms with Gasteiger partial charge in [0.05, 0.1) is 13.0 Å². The van der Waals surface area contributed by atoms with Crippen molar-refractivity contribution in [3.63, 3.8) is 0 Å². The molecule has 0 saturated heterocycles. The highest BCUT2D eigenvalue weighted by Gasteiger charge is 2.34. The number of allylic oxidation sites excluding steroid dienone is 1. The summed E-state index contributed by atoms with van der Waals surface area (Å²) < 4.78 is 40.1. The highest BCUT2D eigenvalue weighted by Crippen LogP contribution is 2.26. The zero-order valence-corrected chi connectivity index (χ0v) is 7.48. The molecule has 0 spiro atoms. The minimum absolute atomic E-state index is 0.102. The zero-order valence-electron chi connectivity index (χ0n) is 7.48. The molecule has 0 bridgehead atoms. The molecule has 0 unspecified atom stereocenters. The molecule has 0 N–H and O–H groups in total. The number of ether oxygens (including phenoxy) is 1. The summed E-state index contributed by atoms with van der Waals surface area (Å²) in [6.07, 6.45) is -5.86. The van der Waals surface area contributed by atoms with Crippen molar-refractivity contribution in [3.8, 4) is 0 Å². The number of hydrogen-bond acceptors (Lipinski definition) is 3. The molecule has 0 aromatic carbocycles. The lowest BCUT2D eigenvalue weighted by Crippen LogP contribution is -2.14. The summed E-state index contributed by atoms with van der Waals surface area (Å²) in [7, 11) is 0. The standard InChI is InChI=1S/C8H9F3O3/c1-2-14-7(13)4-3-6(5-12)8(9,10)11/h2-4H2,1H3. The molecule has 0 amide bonds. The van der Waals surface area contributed by atoms with E-state index in [4.69, 9.17) is 0 Å². The van der Waals surface area contributed by atoms with Crippen LogP contribution in [0.15, 0.2) is 5.57 Å². The van der Waals surface area contributed by atoms with Gasteiger partial charge in [-0.15, -0.1) is 0 Å². The maximum absolute atomic E-state index is 11.9. The van der Waals surface area contributed by atoms with Gasteiger partial charge in [-0.3, -0.25) is 4.79 Å². The fourth-order valence-electron chi connectivity index (χ4n) is 0.711. The number of rotatable bonds is 4. The summed E-state index contributed by atoms with van der Waals surface area (Å²) in [5.41, 5.74) is -1.37. The number of esters is 1. The highest BCUT2D eigenvalue weighted by molar-refractivity contribution is 5.70. The number of carbonyl (C=O) groups excluding carboxylic acids is 2. The van der Waals surface area contributed by atoms with E-state index < -0.39 is 30.6 Å². The number of hydrogen-bond donors (Lipinski definition) is 0. The first-order valence-electron chi connectivity index (χ1n) is 3.88. The van der Waals surface area contributed by atoms with E-state index in [0.717, 1.165) is 5.94 Å². The van der Waals surface area contributed by atoms with Crippen LogP contribution in [0.1, 0.15) is 19.8 Å². The predicted octanol–water partition coefficient (Wildman–Crippen LogP) is 1.65. The van der Waals surface area contributed by atoms with Gasteiger partial charge < -0.3 is 4.74 Å². The summed E-state index contributed by atoms with van der Waals surface area (Å²) in [6.45, 7) is 1.64. The smallest absolute Gasteiger partial charge is 0.422 e. The average Bonchev–Trinajstić information content (AvgIpc) is 2.03. The molecule has 0 aliphatic heterocycles. The topological polar surface area (TPSA) is 43.4 Å². The Bertz CT molecular complexity index is 251. The lowest BCUT2D eigenvalue weighted by Gasteiger charge is -2.06. The molecule has 0 aliphatic carbocycles. The summed E-state index contributed by atoms with van der Waals surface area (Å²) >= 11 is 0. The summed E-state index contributed by atoms with van der Waals surface area (Å²) in [4.78, 5) is 20.5. The Kier molecular flexibility index (Phi) is 4.94. The Morgan fingerprint density at radius 1 is 1.36 bits per heavy atom. The molecular weight excluding hydrogens is 201 g/mol. The Labute approximate surface area is 78.5 Å². The zero-order chi connectivity index (χ0) is 11.2. The second-order valence-corrected chi connectivity index (χ2v) is 2.38. The van der Waals surface area contributed by atoms with E-state index in [1.165, 1.54) is 6.92 Å². The third kappa shape index (κ3) is 4.67. The first-order chi connectivity index (χ1) is 6.41. The largest absolute Gasteiger partial charge is 0.466 e. The monoisotopic (exact) mass is 210 g/mol. The molecule has 0 fully saturated rings. The van der Waals surface area contributed by atoms with Crippen LogP contribution >= 0.6 is 0 Å². The van der Waals surface area contributed by atoms with E-state index in [-0.39, 0.29) is 6.61 Å². The van der Waals surface area contributed by atoms with Gasteiger partial charge in [0.1, 0.15) is 11.5 Å². The van der Waals surface area contributed by atoms with Crippen LogP contribution in [0, 0.1) is 0 Å². The minimum atomic E-state index is -4.71. The predicted molar refractivity (Wildman–Crippen MR) is 41.1 cm³/mol. The molecule has 6 heteroatoms. The molecule has 0 atom stereocenters. The van der Waals surface area contributed by atoms with Gasteiger partial charge in [-0.05, 0) is 13.3 Å². The van der Waals surface area contributed by atoms with Gasteiger partial charge in [-0.2, -0.15) is 13.2 Å². The van der Waals surface area contributed by atoms with E-state index >= 15 is 0 Å². The second-order valence-electron chi connectivity index (χ2n) is 2.38. The Balaban J connectivity index is 4.12. The van der Waals surface area contributed by atoms with Crippen LogP contribution in [0.25, 0.3) is 0 Å². The van der Waals surface area contributed by atoms with Crippen LogP contribution in [-0.2, 0) is 14.3 Å². The number of carbonyl (C=O) groups is 1. The van der Waals surface area contributed by atoms with Crippen molar-refractivity contribution in [2.75, 3.05) is 6.61 Å². The van der Waals surface area contributed by atoms with Crippen molar-refractivity contribution in [1.29, 1.82) is 0 Å². The van der Waals surface area contributed by atoms with E-state index in [9.17, 15) is 22.8 Å². The van der Waals surface area contributed by atoms with Gasteiger partial charge in [0.15, 0.2) is 0 Å². The SMILES string of the molecule is CCOC(=O)CCC(=C=O)C(F)(F)F. The van der Waals surface area contributed by atoms with Gasteiger partial charge in [-0.25, -0.2) is 4.79 Å². The third-order valence-electron chi connectivity index (χ3n) is 1.35. The van der Waals surface area contributed by atoms with Crippen molar-refractivity contribution in [3.05, 3.63) is 5.57 Å². The van der Waals surface area contributed by atoms with Crippen LogP contribution < -0.4 is 0 Å². The van der Waals surface area contributed by atoms with Crippen molar-refractivity contribution in [1.82, 2.24) is 0 Å². The molecule has 0 aliphatic rings. The van der Waals surface area contributed by atoms with E-state index in [1.807, 2.05) is 0 Å². The highest BCUT2D eigenvalue weighted by atomic mass is 19.4. The Hall–Kier alpha value is -1.29. The number of halogens is 3. The molecule has 0 rings (SSSR count). The normalized spacial score (nSPS) is 10.6. The Morgan fingerprint density at radius 2 is 1.93 bits per heavy atom. The second kappa shape index (κ2) is 5.44. The molecule has 0 radical (unpaired) electrons. The van der Waals surface area contributed by atoms with Gasteiger partial charge >= 0.3 is 12.1 Å². The van der Waals surface area contributed by atoms with Gasteiger partial charge in [-0.1, -0.05) is 0 Å². The minimum Gasteiger partial charge on any atom is -0.466 e. The van der Waals surface area contributed by atoms with Gasteiger partial charge in [0.2, 0.25) is 0 Å². The van der Waals surface area contributed by atoms with Gasteiger partial charge in [0, 0.05) is 0 Å². The Morgan fingerprint density at radius 3 is 2.29 bits per heavy atom. The van der Waals surface area contributed by atoms with Crippen molar-refractivity contribution >= 4 is 11.9 Å². The average molecular weight is 210 g/mol. The molecule has 3 nitrogen and oxygen atoms in total. The summed E-state index contributed by atoms with van der Waals surface area (Å²) in [6, 6.07) is 0. The maximum Gasteiger partial charge on any atom is 0.422 e. The van der Waals surface area contributed by atoms with Crippen molar-refractivity contribution < 1.29 is 27.5 Å². The molecular formula is C8H9F3O3. The lowest BCUT2D eigenvalue weighted by molar-refractivity contribution is -0.143. The lowest BCUT2D eigenvalue weighted by atomic mass is 10.1. The van der Waals surface area contributed by atoms with E-state index in [2.05, 4.69) is 4.74 Å². The summed E-state index contributed by atoms with van der Waals surface area (Å²) in [5.74, 6) is 0.0136. The van der Waals surface area contributed by atoms with E-state index in [0.29, 0.717) is 0 Å². The van der Waals surface area contributed by atoms with Crippen LogP contribution in [0.3, 0.4) is 0 Å². The first-order valence-corrected chi connectivity index (χ1v) is 3.88. The van der Waals surface area contributed by atoms with Crippen LogP contribution in [0.4, 0.5) is 13.2 Å². The molecule has 0 aromatic heterocycles. The van der Waals surface area contributed by atoms with Gasteiger partial charge in [0.25, 0.3) is 0 Å². The molecule has 0 aromatic rings. The molecule has 0 saturated carbocycles. The van der Waals surface area contributed by atoms with Crippen LogP contribution in [0.5, 0.6) is 0 Å². The fraction of sp³-hybridized carbons (Fsp3) is 0.625. The summed E-state index contributed by atoms with van der Waals surface area (Å²) in [5, 5.41) is 0. The van der Waals surface area contributed by atoms with E-state index in [1.54, 1.807) is 0 Å². The quantitative estimate of drug-likeness (QED) is 0.523. The molecule has 0 heterocycles. The maximum atomic E-state index is 11.9. The van der Waals surface area contributed by atoms with Crippen molar-refractivity contribution in [2.45, 2.75) is 25.9 Å². The van der Waals surface area contributed by atoms with Crippen molar-refractivity contribution in [2.24, 2.45) is 0 Å². The molecule has 80 valence electrons. The van der Waals surface area contributed by atoms with Crippen LogP contribution in [0.2, 0.25) is 0 Å². The molecule has 14 heavy (non-hydrogen) atoms. The van der Waals surface area contributed by atoms with Crippen LogP contribution in [-0.4, -0.2) is 24.7 Å². The third-order valence-corrected chi connectivity index (χ3v) is 1.35. The number of alkyl halides is 3. The fourth-order valence-corrected chi connectivity index (χ4v) is 0.711.